The van der Waals surface area contributed by atoms with Crippen molar-refractivity contribution < 1.29 is 14.3 Å². The van der Waals surface area contributed by atoms with Crippen LogP contribution in [-0.2, 0) is 24.3 Å². The van der Waals surface area contributed by atoms with Crippen LogP contribution in [0, 0.1) is 0 Å². The maximum atomic E-state index is 12.6. The molecule has 0 radical (unpaired) electrons. The number of nitrogens with zero attached hydrogens (tertiary/aromatic N) is 3. The Kier molecular flexibility index (Phi) is 5.28. The van der Waals surface area contributed by atoms with Crippen LogP contribution in [0.15, 0.2) is 60.9 Å². The second-order valence-electron chi connectivity index (χ2n) is 6.89. The lowest BCUT2D eigenvalue weighted by molar-refractivity contribution is -0.130. The second kappa shape index (κ2) is 8.17. The minimum Gasteiger partial charge on any atom is -0.454 e. The van der Waals surface area contributed by atoms with Crippen LogP contribution in [0.3, 0.4) is 0 Å². The normalized spacial score (nSPS) is 12.2. The molecule has 0 saturated heterocycles. The number of hydrogen-bond donors (Lipinski definition) is 0. The summed E-state index contributed by atoms with van der Waals surface area (Å²) < 4.78 is 12.8. The standard InChI is InChI=1S/C22H23N3O3/c1-24(15-21-23-11-12-25(21)14-18-5-3-2-4-6-18)22(26)10-8-17-7-9-19-20(13-17)28-16-27-19/h2-7,9,11-13H,8,10,14-16H2,1H3. The van der Waals surface area contributed by atoms with Crippen LogP contribution in [0.5, 0.6) is 11.5 Å². The molecule has 1 aliphatic heterocycles. The van der Waals surface area contributed by atoms with Crippen molar-refractivity contribution in [3.8, 4) is 11.5 Å². The summed E-state index contributed by atoms with van der Waals surface area (Å²) >= 11 is 0. The van der Waals surface area contributed by atoms with Crippen molar-refractivity contribution in [3.63, 3.8) is 0 Å². The van der Waals surface area contributed by atoms with Crippen molar-refractivity contribution in [1.29, 1.82) is 0 Å². The molecule has 0 spiro atoms. The molecule has 0 atom stereocenters. The SMILES string of the molecule is CN(Cc1nccn1Cc1ccccc1)C(=O)CCc1ccc2c(c1)OCO2. The van der Waals surface area contributed by atoms with Crippen molar-refractivity contribution in [1.82, 2.24) is 14.5 Å². The quantitative estimate of drug-likeness (QED) is 0.634. The maximum absolute atomic E-state index is 12.6. The number of amides is 1. The van der Waals surface area contributed by atoms with E-state index < -0.39 is 0 Å². The van der Waals surface area contributed by atoms with E-state index in [1.54, 1.807) is 11.1 Å². The summed E-state index contributed by atoms with van der Waals surface area (Å²) in [6.45, 7) is 1.49. The minimum atomic E-state index is 0.0897. The van der Waals surface area contributed by atoms with Gasteiger partial charge in [0.05, 0.1) is 6.54 Å². The summed E-state index contributed by atoms with van der Waals surface area (Å²) in [5.41, 5.74) is 2.27. The Bertz CT molecular complexity index is 953. The van der Waals surface area contributed by atoms with Crippen molar-refractivity contribution in [2.24, 2.45) is 0 Å². The zero-order valence-corrected chi connectivity index (χ0v) is 15.9. The van der Waals surface area contributed by atoms with E-state index in [0.29, 0.717) is 19.4 Å². The van der Waals surface area contributed by atoms with Crippen LogP contribution in [0.4, 0.5) is 0 Å². The smallest absolute Gasteiger partial charge is 0.231 e. The molecular weight excluding hydrogens is 354 g/mol. The topological polar surface area (TPSA) is 56.6 Å². The van der Waals surface area contributed by atoms with Gasteiger partial charge in [-0.15, -0.1) is 0 Å². The van der Waals surface area contributed by atoms with Crippen molar-refractivity contribution in [2.75, 3.05) is 13.8 Å². The average Bonchev–Trinajstić information content (AvgIpc) is 3.36. The highest BCUT2D eigenvalue weighted by atomic mass is 16.7. The van der Waals surface area contributed by atoms with Gasteiger partial charge in [-0.25, -0.2) is 4.98 Å². The minimum absolute atomic E-state index is 0.0897. The third kappa shape index (κ3) is 4.17. The molecule has 2 heterocycles. The van der Waals surface area contributed by atoms with Crippen LogP contribution in [-0.4, -0.2) is 34.2 Å². The summed E-state index contributed by atoms with van der Waals surface area (Å²) in [6.07, 6.45) is 4.84. The molecule has 4 rings (SSSR count). The number of ether oxygens (including phenoxy) is 2. The first-order valence-corrected chi connectivity index (χ1v) is 9.35. The zero-order valence-electron chi connectivity index (χ0n) is 15.9. The van der Waals surface area contributed by atoms with E-state index in [1.807, 2.05) is 49.6 Å². The van der Waals surface area contributed by atoms with E-state index in [-0.39, 0.29) is 12.7 Å². The van der Waals surface area contributed by atoms with Gasteiger partial charge in [-0.1, -0.05) is 36.4 Å². The van der Waals surface area contributed by atoms with Crippen LogP contribution in [0.2, 0.25) is 0 Å². The lowest BCUT2D eigenvalue weighted by Crippen LogP contribution is -2.28. The third-order valence-electron chi connectivity index (χ3n) is 4.87. The summed E-state index contributed by atoms with van der Waals surface area (Å²) in [5, 5.41) is 0. The van der Waals surface area contributed by atoms with Gasteiger partial charge in [0.15, 0.2) is 11.5 Å². The van der Waals surface area contributed by atoms with E-state index in [2.05, 4.69) is 21.7 Å². The number of benzene rings is 2. The zero-order chi connectivity index (χ0) is 19.3. The van der Waals surface area contributed by atoms with Crippen molar-refractivity contribution in [3.05, 3.63) is 77.9 Å². The number of carbonyl (C=O) groups excluding carboxylic acids is 1. The summed E-state index contributed by atoms with van der Waals surface area (Å²) in [7, 11) is 1.82. The van der Waals surface area contributed by atoms with E-state index >= 15 is 0 Å². The second-order valence-corrected chi connectivity index (χ2v) is 6.89. The first kappa shape index (κ1) is 18.1. The van der Waals surface area contributed by atoms with E-state index in [1.165, 1.54) is 5.56 Å². The highest BCUT2D eigenvalue weighted by Gasteiger charge is 2.16. The van der Waals surface area contributed by atoms with Gasteiger partial charge in [0.25, 0.3) is 0 Å². The fraction of sp³-hybridized carbons (Fsp3) is 0.273. The Labute approximate surface area is 164 Å². The summed E-state index contributed by atoms with van der Waals surface area (Å²) in [4.78, 5) is 18.7. The number of fused-ring (bicyclic) bond motifs is 1. The molecule has 0 unspecified atom stereocenters. The van der Waals surface area contributed by atoms with Crippen molar-refractivity contribution in [2.45, 2.75) is 25.9 Å². The van der Waals surface area contributed by atoms with Gasteiger partial charge < -0.3 is 18.9 Å². The number of carbonyl (C=O) groups is 1. The summed E-state index contributed by atoms with van der Waals surface area (Å²) in [5.74, 6) is 2.48. The Balaban J connectivity index is 1.33. The number of rotatable bonds is 7. The third-order valence-corrected chi connectivity index (χ3v) is 4.87. The van der Waals surface area contributed by atoms with Gasteiger partial charge in [0.1, 0.15) is 5.82 Å². The first-order valence-electron chi connectivity index (χ1n) is 9.35. The van der Waals surface area contributed by atoms with Gasteiger partial charge in [-0.05, 0) is 29.7 Å². The highest BCUT2D eigenvalue weighted by Crippen LogP contribution is 2.32. The molecule has 2 aromatic carbocycles. The predicted octanol–water partition coefficient (Wildman–Crippen LogP) is 3.25. The van der Waals surface area contributed by atoms with Crippen LogP contribution < -0.4 is 9.47 Å². The lowest BCUT2D eigenvalue weighted by atomic mass is 10.1. The molecule has 6 nitrogen and oxygen atoms in total. The molecular formula is C22H23N3O3. The Morgan fingerprint density at radius 2 is 1.93 bits per heavy atom. The van der Waals surface area contributed by atoms with E-state index in [0.717, 1.165) is 29.4 Å². The van der Waals surface area contributed by atoms with Crippen LogP contribution >= 0.6 is 0 Å². The summed E-state index contributed by atoms with van der Waals surface area (Å²) in [6, 6.07) is 16.1. The lowest BCUT2D eigenvalue weighted by Gasteiger charge is -2.18. The molecule has 6 heteroatoms. The Morgan fingerprint density at radius 1 is 1.11 bits per heavy atom. The maximum Gasteiger partial charge on any atom is 0.231 e. The highest BCUT2D eigenvalue weighted by molar-refractivity contribution is 5.76. The molecule has 0 aliphatic carbocycles. The predicted molar refractivity (Wildman–Crippen MR) is 105 cm³/mol. The molecule has 1 amide bonds. The molecule has 0 fully saturated rings. The molecule has 0 bridgehead atoms. The van der Waals surface area contributed by atoms with Gasteiger partial charge >= 0.3 is 0 Å². The molecule has 1 aromatic heterocycles. The molecule has 144 valence electrons. The number of aromatic nitrogens is 2. The van der Waals surface area contributed by atoms with E-state index in [9.17, 15) is 4.79 Å². The van der Waals surface area contributed by atoms with Gasteiger partial charge in [0, 0.05) is 32.4 Å². The molecule has 0 N–H and O–H groups in total. The van der Waals surface area contributed by atoms with Crippen LogP contribution in [0.25, 0.3) is 0 Å². The van der Waals surface area contributed by atoms with E-state index in [4.69, 9.17) is 9.47 Å². The van der Waals surface area contributed by atoms with Crippen molar-refractivity contribution >= 4 is 5.91 Å². The Hall–Kier alpha value is -3.28. The van der Waals surface area contributed by atoms with Gasteiger partial charge in [0.2, 0.25) is 12.7 Å². The number of aryl methyl sites for hydroxylation is 1. The molecule has 28 heavy (non-hydrogen) atoms. The fourth-order valence-corrected chi connectivity index (χ4v) is 3.25. The van der Waals surface area contributed by atoms with Gasteiger partial charge in [-0.2, -0.15) is 0 Å². The fourth-order valence-electron chi connectivity index (χ4n) is 3.25. The number of hydrogen-bond acceptors (Lipinski definition) is 4. The first-order chi connectivity index (χ1) is 13.7. The van der Waals surface area contributed by atoms with Crippen LogP contribution in [0.1, 0.15) is 23.4 Å². The number of imidazole rings is 1. The monoisotopic (exact) mass is 377 g/mol. The largest absolute Gasteiger partial charge is 0.454 e. The molecule has 3 aromatic rings. The Morgan fingerprint density at radius 3 is 2.79 bits per heavy atom. The average molecular weight is 377 g/mol. The molecule has 1 aliphatic rings. The molecule has 0 saturated carbocycles. The van der Waals surface area contributed by atoms with Gasteiger partial charge in [-0.3, -0.25) is 4.79 Å².